The average molecular weight is 629 g/mol. The molecule has 1 aromatic carbocycles. The van der Waals surface area contributed by atoms with Gasteiger partial charge >= 0.3 is 0 Å². The highest BCUT2D eigenvalue weighted by Gasteiger charge is 2.35. The number of aromatic nitrogens is 4. The molecule has 0 saturated heterocycles. The fourth-order valence-electron chi connectivity index (χ4n) is 6.48. The van der Waals surface area contributed by atoms with Gasteiger partial charge in [-0.25, -0.2) is 19.9 Å². The van der Waals surface area contributed by atoms with Crippen molar-refractivity contribution < 1.29 is 0 Å². The lowest BCUT2D eigenvalue weighted by molar-refractivity contribution is 1.07. The van der Waals surface area contributed by atoms with Gasteiger partial charge in [-0.05, 0) is 73.2 Å². The first-order valence-corrected chi connectivity index (χ1v) is 18.1. The van der Waals surface area contributed by atoms with Crippen molar-refractivity contribution in [2.45, 2.75) is 67.2 Å². The summed E-state index contributed by atoms with van der Waals surface area (Å²) in [6.45, 7) is 12.4. The molecule has 0 bridgehead atoms. The number of rotatable bonds is 0. The quantitative estimate of drug-likeness (QED) is 0.168. The maximum atomic E-state index is 4.67. The molecule has 206 valence electrons. The average Bonchev–Trinajstić information content (AvgIpc) is 3.77. The van der Waals surface area contributed by atoms with Gasteiger partial charge in [0, 0.05) is 25.7 Å². The van der Waals surface area contributed by atoms with Crippen molar-refractivity contribution in [3.63, 3.8) is 0 Å². The molecule has 0 fully saturated rings. The standard InChI is InChI=1S/C16H12N2S2.C14H10N2S3.C2H6/c1-7-17-13-5-9-4-12-10(3-11(9)15(13)19-7)6-14-16(12)20-8(2)18-14;1-5-15-9-3-7-8-4-10-14(18-6(2)16-10)12(8)19-11(7)13(9)17-5;1-2/h3-4H,5-6H2,1-2H3;3-4H2,1-2H3;1-2H3. The minimum absolute atomic E-state index is 0.995. The Labute approximate surface area is 259 Å². The summed E-state index contributed by atoms with van der Waals surface area (Å²) in [5, 5.41) is 4.74. The van der Waals surface area contributed by atoms with Gasteiger partial charge in [0.1, 0.15) is 0 Å². The first kappa shape index (κ1) is 26.1. The molecule has 4 nitrogen and oxygen atoms in total. The Bertz CT molecular complexity index is 1890. The van der Waals surface area contributed by atoms with Crippen LogP contribution < -0.4 is 0 Å². The zero-order valence-corrected chi connectivity index (χ0v) is 27.9. The minimum atomic E-state index is 0.995. The van der Waals surface area contributed by atoms with Gasteiger partial charge < -0.3 is 0 Å². The van der Waals surface area contributed by atoms with E-state index >= 15 is 0 Å². The zero-order valence-electron chi connectivity index (χ0n) is 23.8. The Kier molecular flexibility index (Phi) is 6.03. The molecular weight excluding hydrogens is 601 g/mol. The van der Waals surface area contributed by atoms with Gasteiger partial charge in [-0.3, -0.25) is 0 Å². The lowest BCUT2D eigenvalue weighted by Gasteiger charge is -2.05. The van der Waals surface area contributed by atoms with E-state index in [-0.39, 0.29) is 0 Å². The lowest BCUT2D eigenvalue weighted by atomic mass is 10.0. The molecule has 5 aromatic heterocycles. The van der Waals surface area contributed by atoms with Crippen molar-refractivity contribution >= 4 is 56.7 Å². The van der Waals surface area contributed by atoms with Crippen LogP contribution in [0.3, 0.4) is 0 Å². The molecule has 0 atom stereocenters. The van der Waals surface area contributed by atoms with Crippen molar-refractivity contribution in [2.75, 3.05) is 0 Å². The molecule has 0 radical (unpaired) electrons. The zero-order chi connectivity index (χ0) is 28.2. The molecule has 41 heavy (non-hydrogen) atoms. The summed E-state index contributed by atoms with van der Waals surface area (Å²) in [4.78, 5) is 27.3. The Morgan fingerprint density at radius 1 is 0.439 bits per heavy atom. The summed E-state index contributed by atoms with van der Waals surface area (Å²) in [5.41, 5.74) is 13.9. The van der Waals surface area contributed by atoms with E-state index in [0.29, 0.717) is 0 Å². The number of benzene rings is 1. The van der Waals surface area contributed by atoms with E-state index in [2.05, 4.69) is 59.8 Å². The fourth-order valence-corrected chi connectivity index (χ4v) is 12.0. The van der Waals surface area contributed by atoms with Crippen molar-refractivity contribution in [1.29, 1.82) is 0 Å². The SMILES string of the molecule is CC.Cc1nc2c(s1)-c1cc3c(cc1C2)-c1sc(C)nc1C3.Cc1nc2c(s1)-c1sc3c(c1C2)Cc1nc(C)sc1-3. The van der Waals surface area contributed by atoms with Crippen LogP contribution in [0, 0.1) is 27.7 Å². The highest BCUT2D eigenvalue weighted by atomic mass is 32.1. The lowest BCUT2D eigenvalue weighted by Crippen LogP contribution is -1.89. The molecule has 0 aliphatic heterocycles. The second kappa shape index (κ2) is 9.47. The van der Waals surface area contributed by atoms with Crippen molar-refractivity contribution in [2.24, 2.45) is 0 Å². The van der Waals surface area contributed by atoms with Gasteiger partial charge in [-0.2, -0.15) is 0 Å². The molecule has 0 saturated carbocycles. The third kappa shape index (κ3) is 3.93. The molecule has 0 spiro atoms. The van der Waals surface area contributed by atoms with Crippen LogP contribution in [0.5, 0.6) is 0 Å². The number of thiophene rings is 1. The van der Waals surface area contributed by atoms with Crippen LogP contribution in [0.2, 0.25) is 0 Å². The number of fused-ring (bicyclic) bond motifs is 13. The molecule has 4 aliphatic carbocycles. The van der Waals surface area contributed by atoms with E-state index in [1.807, 2.05) is 70.5 Å². The fraction of sp³-hybridized carbons (Fsp3) is 0.312. The second-order valence-electron chi connectivity index (χ2n) is 10.6. The van der Waals surface area contributed by atoms with Crippen LogP contribution in [0.15, 0.2) is 12.1 Å². The topological polar surface area (TPSA) is 51.6 Å². The Morgan fingerprint density at radius 2 is 0.780 bits per heavy atom. The van der Waals surface area contributed by atoms with E-state index in [9.17, 15) is 0 Å². The second-order valence-corrected chi connectivity index (χ2v) is 16.5. The van der Waals surface area contributed by atoms with Crippen LogP contribution in [0.1, 0.15) is 78.9 Å². The number of nitrogens with zero attached hydrogens (tertiary/aromatic N) is 4. The molecular formula is C32H28N4S5. The molecule has 5 heterocycles. The number of hydrogen-bond acceptors (Lipinski definition) is 9. The van der Waals surface area contributed by atoms with Crippen LogP contribution in [-0.4, -0.2) is 19.9 Å². The molecule has 10 rings (SSSR count). The van der Waals surface area contributed by atoms with Crippen LogP contribution >= 0.6 is 56.7 Å². The van der Waals surface area contributed by atoms with Gasteiger partial charge in [0.05, 0.1) is 72.1 Å². The predicted octanol–water partition coefficient (Wildman–Crippen LogP) is 9.81. The maximum absolute atomic E-state index is 4.67. The third-order valence-electron chi connectivity index (χ3n) is 7.97. The van der Waals surface area contributed by atoms with E-state index in [4.69, 9.17) is 0 Å². The Hall–Kier alpha value is -2.56. The summed E-state index contributed by atoms with van der Waals surface area (Å²) >= 11 is 9.32. The van der Waals surface area contributed by atoms with Crippen LogP contribution in [-0.2, 0) is 25.7 Å². The first-order valence-electron chi connectivity index (χ1n) is 14.1. The highest BCUT2D eigenvalue weighted by molar-refractivity contribution is 7.27. The summed E-state index contributed by atoms with van der Waals surface area (Å²) < 4.78 is 0. The number of aryl methyl sites for hydroxylation is 4. The molecule has 4 aliphatic rings. The van der Waals surface area contributed by atoms with E-state index in [1.165, 1.54) is 105 Å². The van der Waals surface area contributed by atoms with Gasteiger partial charge in [-0.15, -0.1) is 56.7 Å². The van der Waals surface area contributed by atoms with Crippen molar-refractivity contribution in [1.82, 2.24) is 19.9 Å². The maximum Gasteiger partial charge on any atom is 0.0904 e. The molecule has 0 N–H and O–H groups in total. The van der Waals surface area contributed by atoms with Crippen LogP contribution in [0.4, 0.5) is 0 Å². The first-order chi connectivity index (χ1) is 19.9. The molecule has 0 unspecified atom stereocenters. The highest BCUT2D eigenvalue weighted by Crippen LogP contribution is 2.55. The van der Waals surface area contributed by atoms with Gasteiger partial charge in [0.2, 0.25) is 0 Å². The van der Waals surface area contributed by atoms with Gasteiger partial charge in [-0.1, -0.05) is 13.8 Å². The van der Waals surface area contributed by atoms with Crippen molar-refractivity contribution in [3.8, 4) is 40.4 Å². The summed E-state index contributed by atoms with van der Waals surface area (Å²) in [7, 11) is 0. The molecule has 0 amide bonds. The third-order valence-corrected chi connectivity index (χ3v) is 13.7. The normalized spacial score (nSPS) is 13.7. The van der Waals surface area contributed by atoms with E-state index in [0.717, 1.165) is 25.7 Å². The van der Waals surface area contributed by atoms with E-state index < -0.39 is 0 Å². The Morgan fingerprint density at radius 3 is 1.17 bits per heavy atom. The van der Waals surface area contributed by atoms with Gasteiger partial charge in [0.15, 0.2) is 0 Å². The largest absolute Gasteiger partial charge is 0.246 e. The summed E-state index contributed by atoms with van der Waals surface area (Å²) in [6, 6.07) is 4.77. The smallest absolute Gasteiger partial charge is 0.0904 e. The number of thiazole rings is 4. The monoisotopic (exact) mass is 628 g/mol. The molecule has 9 heteroatoms. The molecule has 6 aromatic rings. The number of hydrogen-bond donors (Lipinski definition) is 0. The van der Waals surface area contributed by atoms with Crippen molar-refractivity contribution in [3.05, 3.63) is 77.2 Å². The predicted molar refractivity (Wildman–Crippen MR) is 177 cm³/mol. The van der Waals surface area contributed by atoms with E-state index in [1.54, 1.807) is 0 Å². The summed E-state index contributed by atoms with van der Waals surface area (Å²) in [6.07, 6.45) is 4.06. The van der Waals surface area contributed by atoms with Gasteiger partial charge in [0.25, 0.3) is 0 Å². The minimum Gasteiger partial charge on any atom is -0.246 e. The van der Waals surface area contributed by atoms with Crippen LogP contribution in [0.25, 0.3) is 40.4 Å². The summed E-state index contributed by atoms with van der Waals surface area (Å²) in [5.74, 6) is 0. The Balaban J connectivity index is 0.000000118.